The van der Waals surface area contributed by atoms with E-state index < -0.39 is 0 Å². The van der Waals surface area contributed by atoms with Gasteiger partial charge in [-0.3, -0.25) is 4.79 Å². The molecule has 0 aliphatic carbocycles. The van der Waals surface area contributed by atoms with E-state index >= 15 is 0 Å². The molecule has 0 unspecified atom stereocenters. The summed E-state index contributed by atoms with van der Waals surface area (Å²) in [6, 6.07) is 17.2. The number of amides is 1. The first-order valence-electron chi connectivity index (χ1n) is 9.97. The van der Waals surface area contributed by atoms with Gasteiger partial charge in [-0.05, 0) is 44.2 Å². The first-order valence-corrected chi connectivity index (χ1v) is 10.3. The molecular weight excluding hydrogens is 398 g/mol. The quantitative estimate of drug-likeness (QED) is 0.674. The summed E-state index contributed by atoms with van der Waals surface area (Å²) in [7, 11) is 0. The molecule has 154 valence electrons. The topological polar surface area (TPSA) is 61.4 Å². The molecule has 1 aromatic heterocycles. The van der Waals surface area contributed by atoms with Crippen LogP contribution in [0.4, 0.5) is 17.5 Å². The van der Waals surface area contributed by atoms with Crippen molar-refractivity contribution >= 4 is 35.0 Å². The lowest BCUT2D eigenvalue weighted by atomic mass is 10.2. The fourth-order valence-corrected chi connectivity index (χ4v) is 3.67. The highest BCUT2D eigenvalue weighted by Crippen LogP contribution is 2.21. The van der Waals surface area contributed by atoms with E-state index in [2.05, 4.69) is 34.3 Å². The summed E-state index contributed by atoms with van der Waals surface area (Å²) < 4.78 is 0. The van der Waals surface area contributed by atoms with E-state index in [-0.39, 0.29) is 5.91 Å². The molecule has 1 fully saturated rings. The zero-order chi connectivity index (χ0) is 21.1. The van der Waals surface area contributed by atoms with Gasteiger partial charge in [0.15, 0.2) is 0 Å². The lowest BCUT2D eigenvalue weighted by Gasteiger charge is -2.35. The van der Waals surface area contributed by atoms with E-state index in [0.717, 1.165) is 17.2 Å². The maximum atomic E-state index is 12.7. The van der Waals surface area contributed by atoms with E-state index in [1.54, 1.807) is 24.3 Å². The van der Waals surface area contributed by atoms with Gasteiger partial charge in [0.25, 0.3) is 5.91 Å². The number of aryl methyl sites for hydroxylation is 2. The Morgan fingerprint density at radius 3 is 2.40 bits per heavy atom. The molecule has 1 aliphatic rings. The number of carbonyl (C=O) groups excluding carboxylic acids is 1. The fourth-order valence-electron chi connectivity index (χ4n) is 3.48. The third-order valence-corrected chi connectivity index (χ3v) is 5.35. The van der Waals surface area contributed by atoms with Crippen LogP contribution < -0.4 is 10.2 Å². The molecule has 0 radical (unpaired) electrons. The van der Waals surface area contributed by atoms with E-state index in [1.165, 1.54) is 5.56 Å². The van der Waals surface area contributed by atoms with Gasteiger partial charge >= 0.3 is 0 Å². The molecule has 1 amide bonds. The lowest BCUT2D eigenvalue weighted by Crippen LogP contribution is -2.49. The van der Waals surface area contributed by atoms with Gasteiger partial charge in [0.1, 0.15) is 5.82 Å². The molecule has 0 atom stereocenters. The van der Waals surface area contributed by atoms with Crippen LogP contribution in [0, 0.1) is 13.8 Å². The van der Waals surface area contributed by atoms with Gasteiger partial charge in [-0.1, -0.05) is 35.4 Å². The minimum Gasteiger partial charge on any atom is -0.353 e. The van der Waals surface area contributed by atoms with Crippen molar-refractivity contribution in [2.75, 3.05) is 36.4 Å². The molecule has 1 N–H and O–H groups in total. The second kappa shape index (κ2) is 8.71. The fraction of sp³-hybridized carbons (Fsp3) is 0.261. The first-order chi connectivity index (χ1) is 14.5. The number of piperazine rings is 1. The Morgan fingerprint density at radius 1 is 0.967 bits per heavy atom. The van der Waals surface area contributed by atoms with Crippen molar-refractivity contribution in [1.29, 1.82) is 0 Å². The molecule has 1 aliphatic heterocycles. The zero-order valence-electron chi connectivity index (χ0n) is 17.1. The average Bonchev–Trinajstić information content (AvgIpc) is 2.74. The van der Waals surface area contributed by atoms with Gasteiger partial charge in [0, 0.05) is 54.2 Å². The zero-order valence-corrected chi connectivity index (χ0v) is 17.9. The largest absolute Gasteiger partial charge is 0.353 e. The van der Waals surface area contributed by atoms with Crippen LogP contribution in [0.25, 0.3) is 0 Å². The number of carbonyl (C=O) groups is 1. The Labute approximate surface area is 181 Å². The van der Waals surface area contributed by atoms with Crippen LogP contribution in [0.1, 0.15) is 21.6 Å². The van der Waals surface area contributed by atoms with Gasteiger partial charge < -0.3 is 15.1 Å². The van der Waals surface area contributed by atoms with Crippen LogP contribution in [-0.4, -0.2) is 47.0 Å². The van der Waals surface area contributed by atoms with Crippen molar-refractivity contribution in [3.63, 3.8) is 0 Å². The van der Waals surface area contributed by atoms with Gasteiger partial charge in [-0.25, -0.2) is 4.98 Å². The molecule has 4 rings (SSSR count). The number of nitrogens with zero attached hydrogens (tertiary/aromatic N) is 4. The molecule has 2 heterocycles. The van der Waals surface area contributed by atoms with E-state index in [4.69, 9.17) is 16.6 Å². The van der Waals surface area contributed by atoms with E-state index in [9.17, 15) is 4.79 Å². The summed E-state index contributed by atoms with van der Waals surface area (Å²) in [5.41, 5.74) is 3.68. The summed E-state index contributed by atoms with van der Waals surface area (Å²) >= 11 is 6.03. The minimum atomic E-state index is 0.0118. The number of hydrogen-bond donors (Lipinski definition) is 1. The van der Waals surface area contributed by atoms with Crippen molar-refractivity contribution in [3.8, 4) is 0 Å². The molecule has 0 bridgehead atoms. The van der Waals surface area contributed by atoms with Crippen LogP contribution in [0.5, 0.6) is 0 Å². The molecule has 0 spiro atoms. The van der Waals surface area contributed by atoms with Gasteiger partial charge in [-0.15, -0.1) is 0 Å². The Balaban J connectivity index is 1.43. The molecule has 2 aromatic carbocycles. The highest BCUT2D eigenvalue weighted by Gasteiger charge is 2.23. The van der Waals surface area contributed by atoms with Crippen LogP contribution in [-0.2, 0) is 0 Å². The van der Waals surface area contributed by atoms with E-state index in [0.29, 0.717) is 42.7 Å². The first kappa shape index (κ1) is 20.2. The number of halogens is 1. The summed E-state index contributed by atoms with van der Waals surface area (Å²) in [5.74, 6) is 1.45. The predicted octanol–water partition coefficient (Wildman–Crippen LogP) is 4.45. The summed E-state index contributed by atoms with van der Waals surface area (Å²) in [5, 5.41) is 3.85. The monoisotopic (exact) mass is 421 g/mol. The van der Waals surface area contributed by atoms with Crippen LogP contribution in [0.2, 0.25) is 5.02 Å². The number of hydrogen-bond acceptors (Lipinski definition) is 5. The number of benzene rings is 2. The maximum absolute atomic E-state index is 12.7. The molecule has 1 saturated heterocycles. The van der Waals surface area contributed by atoms with Gasteiger partial charge in [-0.2, -0.15) is 4.98 Å². The van der Waals surface area contributed by atoms with Crippen molar-refractivity contribution in [3.05, 3.63) is 76.4 Å². The third-order valence-electron chi connectivity index (χ3n) is 5.11. The van der Waals surface area contributed by atoms with Crippen molar-refractivity contribution in [2.24, 2.45) is 0 Å². The Hall–Kier alpha value is -3.12. The predicted molar refractivity (Wildman–Crippen MR) is 121 cm³/mol. The molecule has 3 aromatic rings. The standard InChI is InChI=1S/C23H24ClN5O/c1-16-6-8-20(9-7-16)26-23-25-17(2)14-21(27-23)28-10-12-29(13-11-28)22(30)18-4-3-5-19(24)15-18/h3-9,14-15H,10-13H2,1-2H3,(H,25,26,27). The van der Waals surface area contributed by atoms with Gasteiger partial charge in [0.05, 0.1) is 0 Å². The van der Waals surface area contributed by atoms with Crippen molar-refractivity contribution in [1.82, 2.24) is 14.9 Å². The summed E-state index contributed by atoms with van der Waals surface area (Å²) in [4.78, 5) is 26.0. The molecular formula is C23H24ClN5O. The Morgan fingerprint density at radius 2 is 1.70 bits per heavy atom. The second-order valence-corrected chi connectivity index (χ2v) is 7.91. The normalized spacial score (nSPS) is 14.0. The second-order valence-electron chi connectivity index (χ2n) is 7.47. The highest BCUT2D eigenvalue weighted by atomic mass is 35.5. The number of anilines is 3. The van der Waals surface area contributed by atoms with Crippen molar-refractivity contribution < 1.29 is 4.79 Å². The van der Waals surface area contributed by atoms with Gasteiger partial charge in [0.2, 0.25) is 5.95 Å². The summed E-state index contributed by atoms with van der Waals surface area (Å²) in [6.07, 6.45) is 0. The highest BCUT2D eigenvalue weighted by molar-refractivity contribution is 6.30. The summed E-state index contributed by atoms with van der Waals surface area (Å²) in [6.45, 7) is 6.72. The van der Waals surface area contributed by atoms with Crippen LogP contribution in [0.3, 0.4) is 0 Å². The number of nitrogens with one attached hydrogen (secondary N) is 1. The Kier molecular flexibility index (Phi) is 5.86. The molecule has 6 nitrogen and oxygen atoms in total. The SMILES string of the molecule is Cc1ccc(Nc2nc(C)cc(N3CCN(C(=O)c4cccc(Cl)c4)CC3)n2)cc1. The number of rotatable bonds is 4. The number of aromatic nitrogens is 2. The molecule has 0 saturated carbocycles. The van der Waals surface area contributed by atoms with Crippen LogP contribution >= 0.6 is 11.6 Å². The van der Waals surface area contributed by atoms with Crippen molar-refractivity contribution in [2.45, 2.75) is 13.8 Å². The lowest BCUT2D eigenvalue weighted by molar-refractivity contribution is 0.0746. The maximum Gasteiger partial charge on any atom is 0.254 e. The smallest absolute Gasteiger partial charge is 0.254 e. The molecule has 7 heteroatoms. The minimum absolute atomic E-state index is 0.0118. The van der Waals surface area contributed by atoms with E-state index in [1.807, 2.05) is 30.0 Å². The average molecular weight is 422 g/mol. The molecule has 30 heavy (non-hydrogen) atoms. The van der Waals surface area contributed by atoms with Crippen LogP contribution in [0.15, 0.2) is 54.6 Å². The Bertz CT molecular complexity index is 1050. The third kappa shape index (κ3) is 4.71.